The molecule has 1 fully saturated rings. The first-order valence-corrected chi connectivity index (χ1v) is 10.3. The number of nitrogens with zero attached hydrogens (tertiary/aromatic N) is 3. The fraction of sp³-hybridized carbons (Fsp3) is 0.200. The van der Waals surface area contributed by atoms with Gasteiger partial charge in [-0.2, -0.15) is 0 Å². The van der Waals surface area contributed by atoms with E-state index in [0.29, 0.717) is 29.6 Å². The average molecular weight is 413 g/mol. The number of hydrogen-bond donors (Lipinski definition) is 1. The lowest BCUT2D eigenvalue weighted by Gasteiger charge is -2.36. The van der Waals surface area contributed by atoms with E-state index in [0.717, 1.165) is 35.4 Å². The first-order valence-electron chi connectivity index (χ1n) is 10.3. The predicted molar refractivity (Wildman–Crippen MR) is 122 cm³/mol. The van der Waals surface area contributed by atoms with Gasteiger partial charge in [-0.25, -0.2) is 4.98 Å². The molecule has 0 unspecified atom stereocenters. The van der Waals surface area contributed by atoms with Crippen LogP contribution in [0.1, 0.15) is 10.4 Å². The first kappa shape index (κ1) is 19.2. The third-order valence-corrected chi connectivity index (χ3v) is 5.86. The van der Waals surface area contributed by atoms with Crippen LogP contribution in [0.25, 0.3) is 21.8 Å². The van der Waals surface area contributed by atoms with Crippen molar-refractivity contribution in [1.29, 1.82) is 0 Å². The Labute approximate surface area is 180 Å². The molecule has 156 valence electrons. The Morgan fingerprint density at radius 1 is 0.903 bits per heavy atom. The smallest absolute Gasteiger partial charge is 0.255 e. The number of ether oxygens (including phenoxy) is 1. The highest BCUT2D eigenvalue weighted by Gasteiger charge is 2.26. The second-order valence-corrected chi connectivity index (χ2v) is 7.69. The number of piperazine rings is 1. The van der Waals surface area contributed by atoms with Gasteiger partial charge in [0, 0.05) is 48.7 Å². The Balaban J connectivity index is 1.47. The van der Waals surface area contributed by atoms with Crippen molar-refractivity contribution in [3.63, 3.8) is 0 Å². The van der Waals surface area contributed by atoms with E-state index in [-0.39, 0.29) is 11.7 Å². The zero-order chi connectivity index (χ0) is 21.4. The third kappa shape index (κ3) is 3.50. The van der Waals surface area contributed by atoms with Crippen molar-refractivity contribution >= 4 is 33.4 Å². The zero-order valence-electron chi connectivity index (χ0n) is 17.3. The molecule has 0 spiro atoms. The largest absolute Gasteiger partial charge is 0.508 e. The molecular formula is C25H23N3O3. The molecule has 0 bridgehead atoms. The number of pyridine rings is 1. The van der Waals surface area contributed by atoms with Gasteiger partial charge >= 0.3 is 0 Å². The molecule has 1 aliphatic rings. The molecule has 4 aromatic rings. The molecule has 1 aliphatic heterocycles. The van der Waals surface area contributed by atoms with Crippen LogP contribution in [-0.2, 0) is 0 Å². The maximum atomic E-state index is 13.7. The second kappa shape index (κ2) is 7.80. The summed E-state index contributed by atoms with van der Waals surface area (Å²) in [5.74, 6) is 0.923. The minimum atomic E-state index is -0.0282. The minimum absolute atomic E-state index is 0.0282. The lowest BCUT2D eigenvalue weighted by Crippen LogP contribution is -2.48. The molecule has 5 rings (SSSR count). The number of carbonyl (C=O) groups is 1. The molecule has 3 aromatic carbocycles. The second-order valence-electron chi connectivity index (χ2n) is 7.69. The molecule has 6 nitrogen and oxygen atoms in total. The highest BCUT2D eigenvalue weighted by molar-refractivity contribution is 6.16. The quantitative estimate of drug-likeness (QED) is 0.513. The third-order valence-electron chi connectivity index (χ3n) is 5.86. The highest BCUT2D eigenvalue weighted by Crippen LogP contribution is 2.30. The van der Waals surface area contributed by atoms with Gasteiger partial charge in [-0.1, -0.05) is 24.3 Å². The van der Waals surface area contributed by atoms with E-state index in [9.17, 15) is 9.90 Å². The Morgan fingerprint density at radius 2 is 1.68 bits per heavy atom. The van der Waals surface area contributed by atoms with Crippen molar-refractivity contribution < 1.29 is 14.6 Å². The number of fused-ring (bicyclic) bond motifs is 2. The summed E-state index contributed by atoms with van der Waals surface area (Å²) in [5.41, 5.74) is 3.18. The summed E-state index contributed by atoms with van der Waals surface area (Å²) in [4.78, 5) is 22.5. The van der Waals surface area contributed by atoms with Crippen molar-refractivity contribution in [2.45, 2.75) is 0 Å². The molecule has 31 heavy (non-hydrogen) atoms. The number of phenolic OH excluding ortho intramolecular Hbond substituents is 1. The monoisotopic (exact) mass is 413 g/mol. The van der Waals surface area contributed by atoms with Crippen LogP contribution in [0.4, 0.5) is 5.69 Å². The van der Waals surface area contributed by atoms with Crippen molar-refractivity contribution in [3.05, 3.63) is 72.3 Å². The Hall–Kier alpha value is -3.80. The van der Waals surface area contributed by atoms with Crippen molar-refractivity contribution in [2.75, 3.05) is 38.2 Å². The Bertz CT molecular complexity index is 1280. The normalized spacial score (nSPS) is 14.2. The fourth-order valence-corrected chi connectivity index (χ4v) is 4.24. The number of para-hydroxylation sites is 1. The van der Waals surface area contributed by atoms with Gasteiger partial charge in [0.15, 0.2) is 0 Å². The maximum absolute atomic E-state index is 13.7. The summed E-state index contributed by atoms with van der Waals surface area (Å²) >= 11 is 0. The van der Waals surface area contributed by atoms with Gasteiger partial charge in [0.2, 0.25) is 0 Å². The number of carbonyl (C=O) groups excluding carboxylic acids is 1. The Morgan fingerprint density at radius 3 is 2.48 bits per heavy atom. The number of anilines is 1. The van der Waals surface area contributed by atoms with E-state index in [1.165, 1.54) is 0 Å². The number of hydrogen-bond acceptors (Lipinski definition) is 5. The van der Waals surface area contributed by atoms with E-state index in [1.54, 1.807) is 25.3 Å². The molecule has 0 atom stereocenters. The molecule has 1 saturated heterocycles. The van der Waals surface area contributed by atoms with Crippen LogP contribution in [0.3, 0.4) is 0 Å². The standard InChI is InChI=1S/C25H23N3O3/c1-31-19-6-4-5-17(15-19)27-11-13-28(14-12-27)25(30)24-20-7-2-3-8-22(20)26-23-10-9-18(29)16-21(23)24/h2-10,15-16,29H,11-14H2,1H3. The molecule has 1 amide bonds. The number of aromatic nitrogens is 1. The first-order chi connectivity index (χ1) is 15.1. The number of phenols is 1. The highest BCUT2D eigenvalue weighted by atomic mass is 16.5. The molecule has 0 saturated carbocycles. The van der Waals surface area contributed by atoms with E-state index < -0.39 is 0 Å². The molecule has 0 radical (unpaired) electrons. The SMILES string of the molecule is COc1cccc(N2CCN(C(=O)c3c4ccccc4nc4ccc(O)cc34)CC2)c1. The summed E-state index contributed by atoms with van der Waals surface area (Å²) in [7, 11) is 1.66. The van der Waals surface area contributed by atoms with Crippen molar-refractivity contribution in [3.8, 4) is 11.5 Å². The summed E-state index contributed by atoms with van der Waals surface area (Å²) in [6.45, 7) is 2.72. The van der Waals surface area contributed by atoms with Gasteiger partial charge in [0.05, 0.1) is 23.7 Å². The van der Waals surface area contributed by atoms with Crippen LogP contribution in [0.2, 0.25) is 0 Å². The summed E-state index contributed by atoms with van der Waals surface area (Å²) < 4.78 is 5.34. The summed E-state index contributed by atoms with van der Waals surface area (Å²) in [6.07, 6.45) is 0. The molecule has 6 heteroatoms. The van der Waals surface area contributed by atoms with Crippen LogP contribution < -0.4 is 9.64 Å². The predicted octanol–water partition coefficient (Wildman–Crippen LogP) is 4.06. The van der Waals surface area contributed by atoms with Crippen molar-refractivity contribution in [2.24, 2.45) is 0 Å². The fourth-order valence-electron chi connectivity index (χ4n) is 4.24. The molecule has 1 N–H and O–H groups in total. The summed E-state index contributed by atoms with van der Waals surface area (Å²) in [6, 6.07) is 20.7. The lowest BCUT2D eigenvalue weighted by molar-refractivity contribution is 0.0750. The number of methoxy groups -OCH3 is 1. The molecule has 0 aliphatic carbocycles. The van der Waals surface area contributed by atoms with E-state index in [4.69, 9.17) is 4.74 Å². The average Bonchev–Trinajstić information content (AvgIpc) is 2.82. The van der Waals surface area contributed by atoms with Crippen LogP contribution in [0.5, 0.6) is 11.5 Å². The summed E-state index contributed by atoms with van der Waals surface area (Å²) in [5, 5.41) is 11.5. The number of aromatic hydroxyl groups is 1. The zero-order valence-corrected chi connectivity index (χ0v) is 17.3. The van der Waals surface area contributed by atoms with Crippen LogP contribution >= 0.6 is 0 Å². The van der Waals surface area contributed by atoms with Crippen molar-refractivity contribution in [1.82, 2.24) is 9.88 Å². The number of amides is 1. The molecule has 2 heterocycles. The minimum Gasteiger partial charge on any atom is -0.508 e. The lowest BCUT2D eigenvalue weighted by atomic mass is 10.0. The van der Waals surface area contributed by atoms with Gasteiger partial charge in [-0.05, 0) is 36.4 Å². The molecular weight excluding hydrogens is 390 g/mol. The van der Waals surface area contributed by atoms with Crippen LogP contribution in [-0.4, -0.2) is 54.2 Å². The van der Waals surface area contributed by atoms with E-state index >= 15 is 0 Å². The van der Waals surface area contributed by atoms with Gasteiger partial charge in [0.25, 0.3) is 5.91 Å². The van der Waals surface area contributed by atoms with Gasteiger partial charge in [-0.3, -0.25) is 4.79 Å². The number of benzene rings is 3. The van der Waals surface area contributed by atoms with Gasteiger partial charge < -0.3 is 19.6 Å². The topological polar surface area (TPSA) is 65.9 Å². The molecule has 1 aromatic heterocycles. The van der Waals surface area contributed by atoms with E-state index in [2.05, 4.69) is 16.0 Å². The van der Waals surface area contributed by atoms with Gasteiger partial charge in [-0.15, -0.1) is 0 Å². The van der Waals surface area contributed by atoms with Crippen LogP contribution in [0, 0.1) is 0 Å². The number of rotatable bonds is 3. The Kier molecular flexibility index (Phi) is 4.82. The van der Waals surface area contributed by atoms with Gasteiger partial charge in [0.1, 0.15) is 11.5 Å². The van der Waals surface area contributed by atoms with E-state index in [1.807, 2.05) is 47.4 Å². The van der Waals surface area contributed by atoms with Crippen LogP contribution in [0.15, 0.2) is 66.7 Å². The maximum Gasteiger partial charge on any atom is 0.255 e.